The summed E-state index contributed by atoms with van der Waals surface area (Å²) < 4.78 is 6.19. The van der Waals surface area contributed by atoms with Gasteiger partial charge < -0.3 is 10.1 Å². The molecule has 1 N–H and O–H groups in total. The monoisotopic (exact) mass is 493 g/mol. The molecule has 1 unspecified atom stereocenters. The molecule has 0 radical (unpaired) electrons. The molecule has 0 aliphatic carbocycles. The molecule has 3 nitrogen and oxygen atoms in total. The molecule has 1 aliphatic rings. The Kier molecular flexibility index (Phi) is 7.43. The van der Waals surface area contributed by atoms with E-state index in [1.165, 1.54) is 16.7 Å². The van der Waals surface area contributed by atoms with Crippen LogP contribution < -0.4 is 10.1 Å². The van der Waals surface area contributed by atoms with Gasteiger partial charge >= 0.3 is 0 Å². The lowest BCUT2D eigenvalue weighted by Crippen LogP contribution is -2.30. The smallest absolute Gasteiger partial charge is 0.224 e. The molecule has 0 bridgehead atoms. The first-order valence-corrected chi connectivity index (χ1v) is 13.1. The number of carbonyl (C=O) groups is 1. The van der Waals surface area contributed by atoms with Crippen molar-refractivity contribution in [2.45, 2.75) is 43.0 Å². The number of anilines is 1. The van der Waals surface area contributed by atoms with Gasteiger partial charge in [-0.05, 0) is 66.1 Å². The number of hydrogen-bond acceptors (Lipinski definition) is 3. The maximum absolute atomic E-state index is 11.6. The topological polar surface area (TPSA) is 38.3 Å². The van der Waals surface area contributed by atoms with Gasteiger partial charge in [-0.25, -0.2) is 0 Å². The van der Waals surface area contributed by atoms with E-state index in [1.807, 2.05) is 18.2 Å². The zero-order chi connectivity index (χ0) is 24.8. The van der Waals surface area contributed by atoms with Crippen LogP contribution in [0.4, 0.5) is 5.69 Å². The summed E-state index contributed by atoms with van der Waals surface area (Å²) >= 11 is 4.78. The fourth-order valence-electron chi connectivity index (χ4n) is 5.29. The van der Waals surface area contributed by atoms with Crippen LogP contribution in [0, 0.1) is 0 Å². The molecule has 4 aromatic rings. The second-order valence-corrected chi connectivity index (χ2v) is 9.91. The van der Waals surface area contributed by atoms with Crippen LogP contribution >= 0.6 is 12.6 Å². The van der Waals surface area contributed by atoms with Crippen LogP contribution in [-0.2, 0) is 16.6 Å². The van der Waals surface area contributed by atoms with E-state index in [0.29, 0.717) is 6.42 Å². The van der Waals surface area contributed by atoms with Crippen molar-refractivity contribution < 1.29 is 9.53 Å². The van der Waals surface area contributed by atoms with Crippen molar-refractivity contribution in [3.63, 3.8) is 0 Å². The maximum atomic E-state index is 11.6. The van der Waals surface area contributed by atoms with Crippen molar-refractivity contribution in [2.24, 2.45) is 0 Å². The maximum Gasteiger partial charge on any atom is 0.224 e. The lowest BCUT2D eigenvalue weighted by Gasteiger charge is -2.36. The Morgan fingerprint density at radius 3 is 1.89 bits per heavy atom. The van der Waals surface area contributed by atoms with Crippen LogP contribution in [0.3, 0.4) is 0 Å². The Morgan fingerprint density at radius 1 is 0.778 bits per heavy atom. The van der Waals surface area contributed by atoms with Crippen molar-refractivity contribution in [3.05, 3.63) is 131 Å². The first-order chi connectivity index (χ1) is 17.6. The number of nitrogens with one attached hydrogen (secondary N) is 1. The Balaban J connectivity index is 1.36. The van der Waals surface area contributed by atoms with Crippen LogP contribution in [0.2, 0.25) is 0 Å². The quantitative estimate of drug-likeness (QED) is 0.145. The van der Waals surface area contributed by atoms with Gasteiger partial charge in [-0.15, -0.1) is 12.6 Å². The van der Waals surface area contributed by atoms with Crippen LogP contribution in [0.15, 0.2) is 109 Å². The number of benzene rings is 4. The van der Waals surface area contributed by atoms with E-state index in [-0.39, 0.29) is 16.8 Å². The van der Waals surface area contributed by atoms with Crippen molar-refractivity contribution in [1.29, 1.82) is 0 Å². The predicted octanol–water partition coefficient (Wildman–Crippen LogP) is 7.41. The zero-order valence-electron chi connectivity index (χ0n) is 20.3. The molecular formula is C32H31NO2S. The number of fused-ring (bicyclic) bond motifs is 1. The van der Waals surface area contributed by atoms with Crippen LogP contribution in [-0.4, -0.2) is 11.3 Å². The molecule has 1 heterocycles. The van der Waals surface area contributed by atoms with E-state index in [2.05, 4.69) is 96.3 Å². The lowest BCUT2D eigenvalue weighted by atomic mass is 9.66. The molecule has 0 saturated heterocycles. The summed E-state index contributed by atoms with van der Waals surface area (Å²) in [6.45, 7) is 0. The third-order valence-corrected chi connectivity index (χ3v) is 7.41. The summed E-state index contributed by atoms with van der Waals surface area (Å²) in [4.78, 5) is 11.6. The standard InChI is InChI=1S/C32H31NO2S/c34-30-21-18-24-23-28(19-20-29(24)33-30)35-31(36)17-10-22-32(25-11-4-1-5-12-25,26-13-6-2-7-14-26)27-15-8-3-9-16-27/h1-9,11-16,19-20,23,31,36H,10,17-18,21-22H2,(H,33,34). The Morgan fingerprint density at radius 2 is 1.33 bits per heavy atom. The van der Waals surface area contributed by atoms with Gasteiger partial charge in [0.2, 0.25) is 5.91 Å². The molecule has 182 valence electrons. The van der Waals surface area contributed by atoms with E-state index < -0.39 is 0 Å². The van der Waals surface area contributed by atoms with Crippen molar-refractivity contribution >= 4 is 24.2 Å². The van der Waals surface area contributed by atoms with Gasteiger partial charge in [0.05, 0.1) is 0 Å². The number of amides is 1. The minimum absolute atomic E-state index is 0.0713. The number of thiol groups is 1. The number of hydrogen-bond donors (Lipinski definition) is 2. The highest BCUT2D eigenvalue weighted by Crippen LogP contribution is 2.43. The Hall–Kier alpha value is -3.50. The molecular weight excluding hydrogens is 462 g/mol. The van der Waals surface area contributed by atoms with E-state index in [9.17, 15) is 4.79 Å². The highest BCUT2D eigenvalue weighted by Gasteiger charge is 2.35. The first-order valence-electron chi connectivity index (χ1n) is 12.6. The van der Waals surface area contributed by atoms with E-state index in [1.54, 1.807) is 0 Å². The van der Waals surface area contributed by atoms with Crippen LogP contribution in [0.1, 0.15) is 47.9 Å². The van der Waals surface area contributed by atoms with Gasteiger partial charge in [0.1, 0.15) is 11.2 Å². The minimum atomic E-state index is -0.263. The molecule has 0 spiro atoms. The zero-order valence-corrected chi connectivity index (χ0v) is 21.2. The van der Waals surface area contributed by atoms with Gasteiger partial charge in [-0.1, -0.05) is 91.0 Å². The summed E-state index contributed by atoms with van der Waals surface area (Å²) in [6.07, 6.45) is 3.94. The molecule has 1 amide bonds. The number of aryl methyl sites for hydroxylation is 1. The fourth-order valence-corrected chi connectivity index (χ4v) is 5.60. The number of carbonyl (C=O) groups excluding carboxylic acids is 1. The summed E-state index contributed by atoms with van der Waals surface area (Å²) in [7, 11) is 0. The van der Waals surface area contributed by atoms with Gasteiger partial charge in [-0.2, -0.15) is 0 Å². The molecule has 0 aromatic heterocycles. The normalized spacial score (nSPS) is 14.0. The van der Waals surface area contributed by atoms with Gasteiger partial charge in [0.25, 0.3) is 0 Å². The van der Waals surface area contributed by atoms with Crippen molar-refractivity contribution in [1.82, 2.24) is 0 Å². The lowest BCUT2D eigenvalue weighted by molar-refractivity contribution is -0.116. The van der Waals surface area contributed by atoms with Crippen LogP contribution in [0.25, 0.3) is 0 Å². The molecule has 4 aromatic carbocycles. The third kappa shape index (κ3) is 5.19. The largest absolute Gasteiger partial charge is 0.480 e. The van der Waals surface area contributed by atoms with Gasteiger partial charge in [0, 0.05) is 17.5 Å². The third-order valence-electron chi connectivity index (χ3n) is 7.05. The van der Waals surface area contributed by atoms with E-state index in [0.717, 1.165) is 42.7 Å². The van der Waals surface area contributed by atoms with Crippen molar-refractivity contribution in [2.75, 3.05) is 5.32 Å². The molecule has 4 heteroatoms. The molecule has 0 saturated carbocycles. The molecule has 0 fully saturated rings. The second-order valence-electron chi connectivity index (χ2n) is 9.34. The van der Waals surface area contributed by atoms with E-state index in [4.69, 9.17) is 17.4 Å². The molecule has 1 aliphatic heterocycles. The van der Waals surface area contributed by atoms with E-state index >= 15 is 0 Å². The van der Waals surface area contributed by atoms with Crippen LogP contribution in [0.5, 0.6) is 5.75 Å². The Labute approximate surface area is 218 Å². The highest BCUT2D eigenvalue weighted by atomic mass is 32.1. The molecule has 1 atom stereocenters. The Bertz CT molecular complexity index is 1200. The van der Waals surface area contributed by atoms with Gasteiger partial charge in [0.15, 0.2) is 0 Å². The second kappa shape index (κ2) is 11.0. The van der Waals surface area contributed by atoms with Crippen molar-refractivity contribution in [3.8, 4) is 5.75 Å². The summed E-state index contributed by atoms with van der Waals surface area (Å²) in [6, 6.07) is 38.3. The molecule has 5 rings (SSSR count). The summed E-state index contributed by atoms with van der Waals surface area (Å²) in [5, 5.41) is 2.92. The van der Waals surface area contributed by atoms with Gasteiger partial charge in [-0.3, -0.25) is 4.79 Å². The highest BCUT2D eigenvalue weighted by molar-refractivity contribution is 7.80. The fraction of sp³-hybridized carbons (Fsp3) is 0.219. The number of rotatable bonds is 9. The number of ether oxygens (including phenoxy) is 1. The molecule has 36 heavy (non-hydrogen) atoms. The first kappa shape index (κ1) is 24.2. The average Bonchev–Trinajstić information content (AvgIpc) is 2.93. The summed E-state index contributed by atoms with van der Waals surface area (Å²) in [5.41, 5.74) is 5.38. The average molecular weight is 494 g/mol. The SMILES string of the molecule is O=C1CCc2cc(OC(S)CCCC(c3ccccc3)(c3ccccc3)c3ccccc3)ccc2N1. The summed E-state index contributed by atoms with van der Waals surface area (Å²) in [5.74, 6) is 0.868. The minimum Gasteiger partial charge on any atom is -0.480 e. The predicted molar refractivity (Wildman–Crippen MR) is 150 cm³/mol.